The summed E-state index contributed by atoms with van der Waals surface area (Å²) in [6, 6.07) is 20.4. The van der Waals surface area contributed by atoms with E-state index in [9.17, 15) is 14.3 Å². The molecule has 0 aliphatic carbocycles. The highest BCUT2D eigenvalue weighted by molar-refractivity contribution is 5.92. The number of halogens is 2. The number of fused-ring (bicyclic) bond motifs is 1. The van der Waals surface area contributed by atoms with E-state index in [2.05, 4.69) is 15.0 Å². The van der Waals surface area contributed by atoms with Crippen LogP contribution in [0.5, 0.6) is 5.88 Å². The molecule has 0 aliphatic rings. The monoisotopic (exact) mass is 577 g/mol. The molecule has 0 radical (unpaired) electrons. The summed E-state index contributed by atoms with van der Waals surface area (Å²) in [5, 5.41) is 18.4. The van der Waals surface area contributed by atoms with Crippen molar-refractivity contribution in [3.8, 4) is 23.2 Å². The Kier molecular flexibility index (Phi) is 7.32. The molecule has 6 aromatic rings. The van der Waals surface area contributed by atoms with E-state index in [1.807, 2.05) is 6.07 Å². The highest BCUT2D eigenvalue weighted by atomic mass is 19.1. The van der Waals surface area contributed by atoms with Gasteiger partial charge in [-0.3, -0.25) is 0 Å². The maximum absolute atomic E-state index is 15.5. The van der Waals surface area contributed by atoms with Crippen molar-refractivity contribution in [2.75, 3.05) is 0 Å². The molecule has 6 rings (SSSR count). The minimum absolute atomic E-state index is 0.0927. The molecule has 0 bridgehead atoms. The number of nitrogens with zero attached hydrogens (tertiary/aromatic N) is 5. The molecular formula is C32H21F2N5O4. The van der Waals surface area contributed by atoms with Crippen molar-refractivity contribution >= 4 is 17.0 Å². The van der Waals surface area contributed by atoms with Crippen LogP contribution < -0.4 is 4.74 Å². The normalized spacial score (nSPS) is 11.0. The van der Waals surface area contributed by atoms with Crippen molar-refractivity contribution in [3.63, 3.8) is 0 Å². The molecule has 1 N–H and O–H groups in total. The minimum atomic E-state index is -1.07. The Morgan fingerprint density at radius 1 is 1.00 bits per heavy atom. The molecule has 3 heterocycles. The highest BCUT2D eigenvalue weighted by Crippen LogP contribution is 2.26. The standard InChI is InChI=1S/C32H21F2N5O4/c33-25-10-19(14-35)4-5-23(25)16-43-31-3-1-2-27(38-31)21-7-6-20(26(34)11-21)13-30-37-28-9-8-22(32(40)41)12-29(28)39(30)15-24-17-42-18-36-24/h1-12,17-18H,13,15-16H2,(H,40,41). The molecule has 0 fully saturated rings. The minimum Gasteiger partial charge on any atom is -0.478 e. The summed E-state index contributed by atoms with van der Waals surface area (Å²) in [5.41, 5.74) is 3.70. The van der Waals surface area contributed by atoms with Crippen LogP contribution in [-0.2, 0) is 19.6 Å². The maximum Gasteiger partial charge on any atom is 0.335 e. The molecule has 0 unspecified atom stereocenters. The van der Waals surface area contributed by atoms with Crippen LogP contribution in [0, 0.1) is 23.0 Å². The van der Waals surface area contributed by atoms with Crippen molar-refractivity contribution in [1.29, 1.82) is 5.26 Å². The zero-order valence-electron chi connectivity index (χ0n) is 22.4. The lowest BCUT2D eigenvalue weighted by Crippen LogP contribution is -2.07. The summed E-state index contributed by atoms with van der Waals surface area (Å²) < 4.78 is 42.2. The average molecular weight is 578 g/mol. The third-order valence-corrected chi connectivity index (χ3v) is 6.86. The van der Waals surface area contributed by atoms with Crippen molar-refractivity contribution in [2.45, 2.75) is 19.6 Å². The fraction of sp³-hybridized carbons (Fsp3) is 0.0938. The van der Waals surface area contributed by atoms with E-state index in [1.165, 1.54) is 43.0 Å². The molecule has 0 aliphatic heterocycles. The lowest BCUT2D eigenvalue weighted by atomic mass is 10.1. The van der Waals surface area contributed by atoms with Crippen LogP contribution in [0.4, 0.5) is 8.78 Å². The van der Waals surface area contributed by atoms with Crippen molar-refractivity contribution in [3.05, 3.63) is 131 Å². The number of benzene rings is 3. The molecule has 43 heavy (non-hydrogen) atoms. The number of ether oxygens (including phenoxy) is 1. The summed E-state index contributed by atoms with van der Waals surface area (Å²) in [6.07, 6.45) is 2.92. The molecule has 0 amide bonds. The Balaban J connectivity index is 1.25. The molecule has 212 valence electrons. The third kappa shape index (κ3) is 5.80. The number of oxazole rings is 1. The summed E-state index contributed by atoms with van der Waals surface area (Å²) in [6.45, 7) is 0.165. The van der Waals surface area contributed by atoms with Gasteiger partial charge in [-0.2, -0.15) is 5.26 Å². The van der Waals surface area contributed by atoms with E-state index in [-0.39, 0.29) is 42.1 Å². The Morgan fingerprint density at radius 2 is 1.84 bits per heavy atom. The van der Waals surface area contributed by atoms with Gasteiger partial charge >= 0.3 is 5.97 Å². The van der Waals surface area contributed by atoms with Crippen LogP contribution in [0.25, 0.3) is 22.3 Å². The number of aromatic nitrogens is 4. The van der Waals surface area contributed by atoms with Crippen LogP contribution in [0.15, 0.2) is 89.9 Å². The first-order valence-electron chi connectivity index (χ1n) is 13.0. The van der Waals surface area contributed by atoms with Gasteiger partial charge in [0.25, 0.3) is 0 Å². The molecule has 0 saturated heterocycles. The molecular weight excluding hydrogens is 556 g/mol. The van der Waals surface area contributed by atoms with Crippen LogP contribution in [0.3, 0.4) is 0 Å². The third-order valence-electron chi connectivity index (χ3n) is 6.86. The van der Waals surface area contributed by atoms with Gasteiger partial charge in [0.2, 0.25) is 5.88 Å². The second kappa shape index (κ2) is 11.5. The van der Waals surface area contributed by atoms with E-state index in [0.717, 1.165) is 6.07 Å². The average Bonchev–Trinajstić information content (AvgIpc) is 3.65. The van der Waals surface area contributed by atoms with E-state index in [4.69, 9.17) is 14.4 Å². The second-order valence-corrected chi connectivity index (χ2v) is 9.65. The number of pyridine rings is 1. The topological polar surface area (TPSA) is 127 Å². The maximum atomic E-state index is 15.5. The molecule has 9 nitrogen and oxygen atoms in total. The number of hydrogen-bond donors (Lipinski definition) is 1. The van der Waals surface area contributed by atoms with Crippen LogP contribution in [0.1, 0.15) is 38.6 Å². The van der Waals surface area contributed by atoms with Crippen molar-refractivity contribution in [2.24, 2.45) is 0 Å². The second-order valence-electron chi connectivity index (χ2n) is 9.65. The van der Waals surface area contributed by atoms with Crippen LogP contribution in [-0.4, -0.2) is 30.6 Å². The summed E-state index contributed by atoms with van der Waals surface area (Å²) in [7, 11) is 0. The number of imidazole rings is 1. The number of carboxylic acids is 1. The van der Waals surface area contributed by atoms with Crippen molar-refractivity contribution in [1.82, 2.24) is 19.5 Å². The van der Waals surface area contributed by atoms with Gasteiger partial charge in [-0.1, -0.05) is 24.3 Å². The zero-order valence-corrected chi connectivity index (χ0v) is 22.4. The number of carboxylic acid groups (broad SMARTS) is 1. The predicted molar refractivity (Wildman–Crippen MR) is 150 cm³/mol. The number of nitriles is 1. The lowest BCUT2D eigenvalue weighted by Gasteiger charge is -2.11. The fourth-order valence-corrected chi connectivity index (χ4v) is 4.66. The Morgan fingerprint density at radius 3 is 2.58 bits per heavy atom. The zero-order chi connectivity index (χ0) is 29.9. The summed E-state index contributed by atoms with van der Waals surface area (Å²) >= 11 is 0. The first-order chi connectivity index (χ1) is 20.9. The van der Waals surface area contributed by atoms with Gasteiger partial charge in [0, 0.05) is 23.6 Å². The number of carbonyl (C=O) groups is 1. The Bertz CT molecular complexity index is 2020. The molecule has 0 saturated carbocycles. The van der Waals surface area contributed by atoms with Gasteiger partial charge in [-0.25, -0.2) is 28.5 Å². The van der Waals surface area contributed by atoms with Crippen LogP contribution >= 0.6 is 0 Å². The van der Waals surface area contributed by atoms with Gasteiger partial charge < -0.3 is 18.8 Å². The molecule has 0 atom stereocenters. The first-order valence-corrected chi connectivity index (χ1v) is 13.0. The highest BCUT2D eigenvalue weighted by Gasteiger charge is 2.17. The summed E-state index contributed by atoms with van der Waals surface area (Å²) in [4.78, 5) is 24.8. The lowest BCUT2D eigenvalue weighted by molar-refractivity contribution is 0.0697. The van der Waals surface area contributed by atoms with E-state index >= 15 is 4.39 Å². The first kappa shape index (κ1) is 27.3. The van der Waals surface area contributed by atoms with Gasteiger partial charge in [-0.15, -0.1) is 0 Å². The Labute approximate surface area is 243 Å². The predicted octanol–water partition coefficient (Wildman–Crippen LogP) is 6.15. The van der Waals surface area contributed by atoms with Gasteiger partial charge in [0.15, 0.2) is 6.39 Å². The molecule has 0 spiro atoms. The smallest absolute Gasteiger partial charge is 0.335 e. The van der Waals surface area contributed by atoms with Gasteiger partial charge in [0.1, 0.15) is 30.3 Å². The molecule has 3 aromatic heterocycles. The number of rotatable bonds is 9. The SMILES string of the molecule is N#Cc1ccc(COc2cccc(-c3ccc(Cc4nc5ccc(C(=O)O)cc5n4Cc4cocn4)c(F)c3)n2)c(F)c1. The number of hydrogen-bond acceptors (Lipinski definition) is 7. The summed E-state index contributed by atoms with van der Waals surface area (Å²) in [5.74, 6) is -1.34. The van der Waals surface area contributed by atoms with Crippen LogP contribution in [0.2, 0.25) is 0 Å². The van der Waals surface area contributed by atoms with E-state index in [0.29, 0.717) is 39.4 Å². The Hall–Kier alpha value is -5.89. The van der Waals surface area contributed by atoms with Crippen molar-refractivity contribution < 1.29 is 27.8 Å². The quantitative estimate of drug-likeness (QED) is 0.217. The fourth-order valence-electron chi connectivity index (χ4n) is 4.66. The van der Waals surface area contributed by atoms with Gasteiger partial charge in [-0.05, 0) is 48.0 Å². The number of aromatic carboxylic acids is 1. The molecule has 3 aromatic carbocycles. The van der Waals surface area contributed by atoms with E-state index < -0.39 is 17.6 Å². The largest absolute Gasteiger partial charge is 0.478 e. The van der Waals surface area contributed by atoms with E-state index in [1.54, 1.807) is 41.0 Å². The van der Waals surface area contributed by atoms with Gasteiger partial charge in [0.05, 0.1) is 46.2 Å². The molecule has 11 heteroatoms.